The van der Waals surface area contributed by atoms with Crippen LogP contribution in [0.1, 0.15) is 22.8 Å². The van der Waals surface area contributed by atoms with Gasteiger partial charge in [0.15, 0.2) is 11.5 Å². The fourth-order valence-electron chi connectivity index (χ4n) is 6.58. The topological polar surface area (TPSA) is 492 Å². The molecule has 0 saturated carbocycles. The van der Waals surface area contributed by atoms with Gasteiger partial charge in [-0.25, -0.2) is 0 Å². The summed E-state index contributed by atoms with van der Waals surface area (Å²) in [4.78, 5) is 18.2. The number of benzene rings is 5. The highest BCUT2D eigenvalue weighted by Crippen LogP contribution is 2.48. The van der Waals surface area contributed by atoms with Crippen LogP contribution in [0.15, 0.2) is 115 Å². The Morgan fingerprint density at radius 1 is 0.594 bits per heavy atom. The van der Waals surface area contributed by atoms with E-state index >= 15 is 0 Å². The van der Waals surface area contributed by atoms with Crippen molar-refractivity contribution in [1.29, 1.82) is 0 Å². The van der Waals surface area contributed by atoms with E-state index in [9.17, 15) is 94.9 Å². The van der Waals surface area contributed by atoms with Gasteiger partial charge in [-0.05, 0) is 67.8 Å². The molecule has 0 radical (unpaired) electrons. The first kappa shape index (κ1) is 51.0. The minimum absolute atomic E-state index is 0.161. The van der Waals surface area contributed by atoms with Gasteiger partial charge in [-0.15, -0.1) is 25.6 Å². The Labute approximate surface area is 385 Å². The van der Waals surface area contributed by atoms with Crippen molar-refractivity contribution in [3.63, 3.8) is 0 Å². The molecule has 0 atom stereocenters. The Bertz CT molecular complexity index is 4030. The minimum atomic E-state index is -5.69. The van der Waals surface area contributed by atoms with Gasteiger partial charge in [-0.2, -0.15) is 47.2 Å². The SMILES string of the molecule is CCn1c(O)c(N=Nc2ccc(N=Nc3c(S(=O)(=O)O)cc4c(S(=O)(=O)O)c(N=Nc5c(S(=O)(=O)O)cc6cc(S(=O)(=O)O)cc(O)c6c5O)ccc4c3O)c(S(=O)(=O)O)c2)c(C)c(C(N)=O)c1=O. The van der Waals surface area contributed by atoms with E-state index in [1.807, 2.05) is 0 Å². The summed E-state index contributed by atoms with van der Waals surface area (Å²) in [5, 5.41) is 61.9. The summed E-state index contributed by atoms with van der Waals surface area (Å²) < 4.78 is 175. The molecule has 0 unspecified atom stereocenters. The van der Waals surface area contributed by atoms with E-state index in [1.54, 1.807) is 0 Å². The molecule has 1 heterocycles. The molecule has 0 aliphatic carbocycles. The second kappa shape index (κ2) is 17.6. The number of phenolic OH excluding ortho intramolecular Hbond substituents is 3. The molecule has 1 aromatic heterocycles. The van der Waals surface area contributed by atoms with E-state index in [0.29, 0.717) is 36.4 Å². The number of phenols is 3. The largest absolute Gasteiger partial charge is 0.507 e. The highest BCUT2D eigenvalue weighted by atomic mass is 32.2. The second-order valence-electron chi connectivity index (χ2n) is 13.9. The third kappa shape index (κ3) is 9.81. The molecule has 0 spiro atoms. The van der Waals surface area contributed by atoms with Crippen molar-refractivity contribution >= 4 is 112 Å². The molecule has 0 bridgehead atoms. The molecule has 1 amide bonds. The van der Waals surface area contributed by atoms with Gasteiger partial charge >= 0.3 is 0 Å². The van der Waals surface area contributed by atoms with E-state index in [2.05, 4.69) is 30.7 Å². The van der Waals surface area contributed by atoms with Gasteiger partial charge in [0.2, 0.25) is 5.88 Å². The minimum Gasteiger partial charge on any atom is -0.507 e. The van der Waals surface area contributed by atoms with Gasteiger partial charge in [0.1, 0.15) is 59.3 Å². The van der Waals surface area contributed by atoms with E-state index in [1.165, 1.54) is 13.8 Å². The fraction of sp³-hybridized carbons (Fsp3) is 0.0857. The number of pyridine rings is 1. The summed E-state index contributed by atoms with van der Waals surface area (Å²) >= 11 is 0. The highest BCUT2D eigenvalue weighted by Gasteiger charge is 2.30. The molecule has 364 valence electrons. The van der Waals surface area contributed by atoms with Crippen LogP contribution in [0.25, 0.3) is 21.5 Å². The van der Waals surface area contributed by atoms with Crippen LogP contribution in [-0.4, -0.2) is 95.8 Å². The number of nitrogens with zero attached hydrogens (tertiary/aromatic N) is 7. The standard InChI is InChI=1S/C35H28N8O21S5/c1-3-43-34(48)25(33(36)47)13(2)27(35(43)49)40-37-15-4-6-19(22(10-15)66(53,54)55)38-41-28-24(68(59,60)61)12-18-17(30(28)45)5-7-20(32(18)69(62,63)64)39-42-29-23(67(56,57)58)9-14-8-16(65(50,51)52)11-21(44)26(14)31(29)46/h4-12,44-46,49H,3H2,1-2H3,(H2,36,47)(H,50,51,52)(H,53,54,55)(H,56,57,58)(H,59,60,61)(H,62,63,64). The third-order valence-electron chi connectivity index (χ3n) is 9.60. The number of nitrogens with two attached hydrogens (primary N) is 1. The number of aromatic hydroxyl groups is 4. The predicted molar refractivity (Wildman–Crippen MR) is 232 cm³/mol. The first-order chi connectivity index (χ1) is 31.7. The lowest BCUT2D eigenvalue weighted by Gasteiger charge is -2.13. The molecule has 6 rings (SSSR count). The van der Waals surface area contributed by atoms with Crippen molar-refractivity contribution in [2.24, 2.45) is 36.4 Å². The van der Waals surface area contributed by atoms with Gasteiger partial charge in [-0.1, -0.05) is 0 Å². The van der Waals surface area contributed by atoms with Crippen molar-refractivity contribution in [3.05, 3.63) is 76.1 Å². The molecule has 11 N–H and O–H groups in total. The molecule has 29 nitrogen and oxygen atoms in total. The van der Waals surface area contributed by atoms with Gasteiger partial charge in [0.05, 0.1) is 16.0 Å². The maximum Gasteiger partial charge on any atom is 0.297 e. The molecule has 0 aliphatic rings. The fourth-order valence-corrected chi connectivity index (χ4v) is 9.89. The van der Waals surface area contributed by atoms with E-state index in [0.717, 1.165) is 22.8 Å². The maximum absolute atomic E-state index is 12.9. The predicted octanol–water partition coefficient (Wildman–Crippen LogP) is 4.88. The number of hydrogen-bond donors (Lipinski definition) is 10. The zero-order valence-corrected chi connectivity index (χ0v) is 38.2. The molecule has 6 aromatic rings. The number of aromatic nitrogens is 1. The molecular weight excluding hydrogens is 1030 g/mol. The quantitative estimate of drug-likeness (QED) is 0.0544. The maximum atomic E-state index is 12.9. The van der Waals surface area contributed by atoms with Gasteiger partial charge in [-0.3, -0.25) is 36.9 Å². The van der Waals surface area contributed by atoms with Crippen LogP contribution in [0, 0.1) is 6.92 Å². The van der Waals surface area contributed by atoms with Crippen LogP contribution in [-0.2, 0) is 57.1 Å². The number of carbonyl (C=O) groups excluding carboxylic acids is 1. The lowest BCUT2D eigenvalue weighted by molar-refractivity contribution is 0.0997. The Balaban J connectivity index is 1.51. The summed E-state index contributed by atoms with van der Waals surface area (Å²) in [6.07, 6.45) is 0. The first-order valence-electron chi connectivity index (χ1n) is 18.1. The van der Waals surface area contributed by atoms with Crippen molar-refractivity contribution in [3.8, 4) is 23.1 Å². The van der Waals surface area contributed by atoms with Crippen LogP contribution in [0.4, 0.5) is 34.1 Å². The Morgan fingerprint density at radius 2 is 1.13 bits per heavy atom. The Morgan fingerprint density at radius 3 is 1.67 bits per heavy atom. The van der Waals surface area contributed by atoms with Crippen molar-refractivity contribution in [2.75, 3.05) is 0 Å². The normalized spacial score (nSPS) is 13.1. The molecule has 0 aliphatic heterocycles. The van der Waals surface area contributed by atoms with Gasteiger partial charge in [0, 0.05) is 28.9 Å². The lowest BCUT2D eigenvalue weighted by atomic mass is 10.1. The summed E-state index contributed by atoms with van der Waals surface area (Å²) in [6, 6.07) is 5.54. The van der Waals surface area contributed by atoms with Crippen molar-refractivity contribution in [2.45, 2.75) is 44.9 Å². The summed E-state index contributed by atoms with van der Waals surface area (Å²) in [5.74, 6) is -5.74. The number of carbonyl (C=O) groups is 1. The number of hydrogen-bond acceptors (Lipinski definition) is 22. The summed E-state index contributed by atoms with van der Waals surface area (Å²) in [6.45, 7) is 2.48. The van der Waals surface area contributed by atoms with Crippen LogP contribution >= 0.6 is 0 Å². The van der Waals surface area contributed by atoms with Gasteiger partial charge in [0.25, 0.3) is 62.1 Å². The summed E-state index contributed by atoms with van der Waals surface area (Å²) in [5.41, 5.74) is -1.62. The van der Waals surface area contributed by atoms with E-state index in [4.69, 9.17) is 5.73 Å². The number of primary amides is 1. The van der Waals surface area contributed by atoms with Crippen molar-refractivity contribution in [1.82, 2.24) is 4.57 Å². The number of rotatable bonds is 13. The molecular formula is C35H28N8O21S5. The molecule has 69 heavy (non-hydrogen) atoms. The van der Waals surface area contributed by atoms with Crippen molar-refractivity contribution < 1.29 is 90.1 Å². The Hall–Kier alpha value is -7.41. The zero-order chi connectivity index (χ0) is 51.7. The molecule has 5 aromatic carbocycles. The second-order valence-corrected chi connectivity index (χ2v) is 20.9. The molecule has 0 saturated heterocycles. The lowest BCUT2D eigenvalue weighted by Crippen LogP contribution is -2.30. The Kier molecular flexibility index (Phi) is 13.0. The van der Waals surface area contributed by atoms with Crippen LogP contribution in [0.2, 0.25) is 0 Å². The zero-order valence-electron chi connectivity index (χ0n) is 34.1. The van der Waals surface area contributed by atoms with E-state index in [-0.39, 0.29) is 12.1 Å². The molecule has 34 heteroatoms. The third-order valence-corrected chi connectivity index (χ3v) is 14.0. The number of amides is 1. The smallest absolute Gasteiger partial charge is 0.297 e. The number of fused-ring (bicyclic) bond motifs is 2. The molecule has 0 fully saturated rings. The van der Waals surface area contributed by atoms with Crippen LogP contribution in [0.5, 0.6) is 23.1 Å². The first-order valence-corrected chi connectivity index (χ1v) is 25.3. The average molecular weight is 1060 g/mol. The van der Waals surface area contributed by atoms with E-state index < -0.39 is 171 Å². The van der Waals surface area contributed by atoms with Gasteiger partial charge < -0.3 is 26.2 Å². The summed E-state index contributed by atoms with van der Waals surface area (Å²) in [7, 11) is -27.2. The average Bonchev–Trinajstić information content (AvgIpc) is 3.20. The highest BCUT2D eigenvalue weighted by molar-refractivity contribution is 7.87. The van der Waals surface area contributed by atoms with Crippen LogP contribution < -0.4 is 11.3 Å². The van der Waals surface area contributed by atoms with Crippen LogP contribution in [0.3, 0.4) is 0 Å². The number of azo groups is 3. The monoisotopic (exact) mass is 1060 g/mol.